The lowest BCUT2D eigenvalue weighted by Gasteiger charge is -2.26. The second-order valence-corrected chi connectivity index (χ2v) is 15.8. The van der Waals surface area contributed by atoms with Gasteiger partial charge >= 0.3 is 5.97 Å². The van der Waals surface area contributed by atoms with Crippen LogP contribution >= 0.6 is 46.1 Å². The number of esters is 1. The second-order valence-electron chi connectivity index (χ2n) is 13.2. The molecule has 12 heteroatoms. The number of hydrogen-bond donors (Lipinski definition) is 2. The summed E-state index contributed by atoms with van der Waals surface area (Å²) in [5.41, 5.74) is 1.05. The molecule has 1 aromatic carbocycles. The molecule has 0 bridgehead atoms. The molecule has 250 valence electrons. The number of aliphatic hydroxyl groups is 2. The lowest BCUT2D eigenvalue weighted by atomic mass is 9.85. The van der Waals surface area contributed by atoms with Crippen LogP contribution in [-0.2, 0) is 36.5 Å². The third-order valence-corrected chi connectivity index (χ3v) is 10.9. The zero-order valence-corrected chi connectivity index (χ0v) is 29.1. The van der Waals surface area contributed by atoms with Crippen LogP contribution in [0.3, 0.4) is 0 Å². The number of hydrogen-bond acceptors (Lipinski definition) is 9. The van der Waals surface area contributed by atoms with Gasteiger partial charge in [0.2, 0.25) is 0 Å². The number of carbonyl (C=O) groups is 1. The van der Waals surface area contributed by atoms with E-state index in [-0.39, 0.29) is 23.8 Å². The maximum Gasteiger partial charge on any atom is 0.348 e. The zero-order valence-electron chi connectivity index (χ0n) is 26.0. The van der Waals surface area contributed by atoms with E-state index in [0.29, 0.717) is 28.0 Å². The van der Waals surface area contributed by atoms with Gasteiger partial charge < -0.3 is 33.9 Å². The number of aryl methyl sites for hydroxylation is 2. The standard InChI is InChI=1S/C33H43Cl3O8S/c1-32(2)41-17-27(42-32)30-29(43-33(3,4)44-30)26(38)16-40-31(39)28-11-9-21(45-28)6-5-7-22-23(25(37)15-24(22)36)10-8-18-12-19(34)14-20(35)13-18/h9,11-14,22-27,29-30,37-38H,5-8,10,15-17H2,1-4H3. The number of benzene rings is 1. The fourth-order valence-electron chi connectivity index (χ4n) is 6.76. The van der Waals surface area contributed by atoms with E-state index in [0.717, 1.165) is 42.5 Å². The van der Waals surface area contributed by atoms with Gasteiger partial charge in [0.25, 0.3) is 0 Å². The fraction of sp³-hybridized carbons (Fsp3) is 0.667. The van der Waals surface area contributed by atoms with Crippen molar-refractivity contribution in [2.45, 2.75) is 114 Å². The van der Waals surface area contributed by atoms with Crippen molar-refractivity contribution in [1.29, 1.82) is 0 Å². The van der Waals surface area contributed by atoms with Crippen molar-refractivity contribution in [2.24, 2.45) is 11.8 Å². The van der Waals surface area contributed by atoms with Crippen molar-refractivity contribution in [3.05, 3.63) is 55.7 Å². The van der Waals surface area contributed by atoms with E-state index < -0.39 is 48.1 Å². The number of thiophene rings is 1. The highest BCUT2D eigenvalue weighted by Gasteiger charge is 2.52. The number of halogens is 3. The summed E-state index contributed by atoms with van der Waals surface area (Å²) in [4.78, 5) is 14.4. The van der Waals surface area contributed by atoms with Gasteiger partial charge in [0.05, 0.1) is 12.7 Å². The lowest BCUT2D eigenvalue weighted by Crippen LogP contribution is -2.45. The van der Waals surface area contributed by atoms with Gasteiger partial charge in [0.15, 0.2) is 11.6 Å². The Kier molecular flexibility index (Phi) is 11.5. The molecule has 45 heavy (non-hydrogen) atoms. The summed E-state index contributed by atoms with van der Waals surface area (Å²) in [7, 11) is 0. The minimum absolute atomic E-state index is 0.0769. The first-order valence-corrected chi connectivity index (χ1v) is 17.6. The molecule has 0 radical (unpaired) electrons. The predicted octanol–water partition coefficient (Wildman–Crippen LogP) is 6.80. The molecule has 3 heterocycles. The molecule has 5 rings (SSSR count). The molecular weight excluding hydrogens is 663 g/mol. The van der Waals surface area contributed by atoms with Crippen LogP contribution in [0.4, 0.5) is 0 Å². The SMILES string of the molecule is CC1(C)OCC(C2OC(C)(C)OC2C(O)COC(=O)c2ccc(CCCC3C(Cl)CC(O)C3CCc3cc(Cl)cc(Cl)c3)s2)O1. The summed E-state index contributed by atoms with van der Waals surface area (Å²) < 4.78 is 29.1. The van der Waals surface area contributed by atoms with Gasteiger partial charge in [0, 0.05) is 20.3 Å². The van der Waals surface area contributed by atoms with Crippen LogP contribution in [0.15, 0.2) is 30.3 Å². The van der Waals surface area contributed by atoms with E-state index in [1.165, 1.54) is 11.3 Å². The van der Waals surface area contributed by atoms with Gasteiger partial charge in [0.1, 0.15) is 35.9 Å². The first-order valence-electron chi connectivity index (χ1n) is 15.6. The maximum absolute atomic E-state index is 12.9. The molecule has 3 aliphatic rings. The van der Waals surface area contributed by atoms with E-state index in [1.807, 2.05) is 32.0 Å². The Morgan fingerprint density at radius 2 is 1.76 bits per heavy atom. The van der Waals surface area contributed by atoms with Crippen LogP contribution in [0, 0.1) is 11.8 Å². The van der Waals surface area contributed by atoms with Gasteiger partial charge in [-0.05, 0) is 114 Å². The molecule has 2 aromatic rings. The third kappa shape index (κ3) is 9.13. The van der Waals surface area contributed by atoms with Crippen molar-refractivity contribution in [3.8, 4) is 0 Å². The molecule has 3 fully saturated rings. The van der Waals surface area contributed by atoms with Crippen LogP contribution in [0.1, 0.15) is 73.5 Å². The normalized spacial score (nSPS) is 31.4. The molecule has 0 amide bonds. The highest BCUT2D eigenvalue weighted by atomic mass is 35.5. The highest BCUT2D eigenvalue weighted by molar-refractivity contribution is 7.13. The molecule has 2 saturated heterocycles. The van der Waals surface area contributed by atoms with Crippen LogP contribution in [0.2, 0.25) is 10.0 Å². The topological polar surface area (TPSA) is 104 Å². The Morgan fingerprint density at radius 1 is 1.02 bits per heavy atom. The Hall–Kier alpha value is -0.980. The van der Waals surface area contributed by atoms with Crippen molar-refractivity contribution >= 4 is 52.1 Å². The Balaban J connectivity index is 1.09. The molecule has 8 atom stereocenters. The van der Waals surface area contributed by atoms with E-state index in [9.17, 15) is 15.0 Å². The molecule has 2 aliphatic heterocycles. The zero-order chi connectivity index (χ0) is 32.5. The first kappa shape index (κ1) is 35.3. The van der Waals surface area contributed by atoms with Crippen LogP contribution in [-0.4, -0.2) is 76.9 Å². The number of ether oxygens (including phenoxy) is 5. The van der Waals surface area contributed by atoms with Gasteiger partial charge in [-0.2, -0.15) is 0 Å². The summed E-state index contributed by atoms with van der Waals surface area (Å²) in [6.07, 6.45) is 1.43. The van der Waals surface area contributed by atoms with Crippen LogP contribution in [0.25, 0.3) is 0 Å². The fourth-order valence-corrected chi connectivity index (χ4v) is 8.77. The number of carbonyl (C=O) groups excluding carboxylic acids is 1. The van der Waals surface area contributed by atoms with Crippen molar-refractivity contribution < 1.29 is 38.7 Å². The molecule has 1 aromatic heterocycles. The van der Waals surface area contributed by atoms with E-state index >= 15 is 0 Å². The van der Waals surface area contributed by atoms with Gasteiger partial charge in [-0.3, -0.25) is 0 Å². The van der Waals surface area contributed by atoms with Gasteiger partial charge in [-0.1, -0.05) is 23.2 Å². The van der Waals surface area contributed by atoms with Crippen molar-refractivity contribution in [2.75, 3.05) is 13.2 Å². The molecule has 8 nitrogen and oxygen atoms in total. The molecule has 8 unspecified atom stereocenters. The predicted molar refractivity (Wildman–Crippen MR) is 174 cm³/mol. The summed E-state index contributed by atoms with van der Waals surface area (Å²) >= 11 is 20.4. The highest BCUT2D eigenvalue weighted by Crippen LogP contribution is 2.42. The number of alkyl halides is 1. The van der Waals surface area contributed by atoms with E-state index in [2.05, 4.69) is 0 Å². The Morgan fingerprint density at radius 3 is 2.44 bits per heavy atom. The minimum Gasteiger partial charge on any atom is -0.459 e. The molecule has 1 aliphatic carbocycles. The lowest BCUT2D eigenvalue weighted by molar-refractivity contribution is -0.175. The average Bonchev–Trinajstić information content (AvgIpc) is 3.70. The summed E-state index contributed by atoms with van der Waals surface area (Å²) in [6.45, 7) is 7.25. The van der Waals surface area contributed by atoms with E-state index in [1.54, 1.807) is 26.0 Å². The smallest absolute Gasteiger partial charge is 0.348 e. The van der Waals surface area contributed by atoms with E-state index in [4.69, 9.17) is 58.5 Å². The summed E-state index contributed by atoms with van der Waals surface area (Å²) in [6, 6.07) is 9.23. The third-order valence-electron chi connectivity index (χ3n) is 8.81. The summed E-state index contributed by atoms with van der Waals surface area (Å²) in [5.74, 6) is -1.88. The summed E-state index contributed by atoms with van der Waals surface area (Å²) in [5, 5.41) is 22.8. The number of aliphatic hydroxyl groups excluding tert-OH is 2. The average molecular weight is 706 g/mol. The van der Waals surface area contributed by atoms with Gasteiger partial charge in [-0.15, -0.1) is 22.9 Å². The molecule has 0 spiro atoms. The van der Waals surface area contributed by atoms with Crippen LogP contribution in [0.5, 0.6) is 0 Å². The number of rotatable bonds is 12. The van der Waals surface area contributed by atoms with Gasteiger partial charge in [-0.25, -0.2) is 4.79 Å². The second kappa shape index (κ2) is 14.6. The molecular formula is C33H43Cl3O8S. The molecule has 2 N–H and O–H groups in total. The maximum atomic E-state index is 12.9. The largest absolute Gasteiger partial charge is 0.459 e. The Labute approximate surface area is 284 Å². The van der Waals surface area contributed by atoms with Crippen LogP contribution < -0.4 is 0 Å². The first-order chi connectivity index (χ1) is 21.2. The monoisotopic (exact) mass is 704 g/mol. The Bertz CT molecular complexity index is 1300. The van der Waals surface area contributed by atoms with Crippen molar-refractivity contribution in [1.82, 2.24) is 0 Å². The molecule has 1 saturated carbocycles. The van der Waals surface area contributed by atoms with Crippen molar-refractivity contribution in [3.63, 3.8) is 0 Å². The minimum atomic E-state index is -1.11. The quantitative estimate of drug-likeness (QED) is 0.184.